The highest BCUT2D eigenvalue weighted by molar-refractivity contribution is 6.33. The Balaban J connectivity index is 3.36. The van der Waals surface area contributed by atoms with Crippen LogP contribution in [0.25, 0.3) is 0 Å². The Morgan fingerprint density at radius 2 is 2.18 bits per heavy atom. The average Bonchev–Trinajstić information content (AvgIpc) is 2.01. The number of phenols is 1. The fraction of sp³-hybridized carbons (Fsp3) is 0.125. The molecule has 0 aliphatic rings. The van der Waals surface area contributed by atoms with E-state index >= 15 is 0 Å². The molecule has 0 amide bonds. The third-order valence-corrected chi connectivity index (χ3v) is 2.01. The molecule has 1 aromatic carbocycles. The normalized spacial score (nSPS) is 9.64. The molecule has 1 N–H and O–H groups in total. The van der Waals surface area contributed by atoms with Crippen molar-refractivity contribution < 1.29 is 9.90 Å². The van der Waals surface area contributed by atoms with E-state index in [4.69, 9.17) is 16.7 Å². The van der Waals surface area contributed by atoms with Gasteiger partial charge in [0.2, 0.25) is 0 Å². The maximum atomic E-state index is 10.4. The van der Waals surface area contributed by atoms with Gasteiger partial charge in [-0.15, -0.1) is 0 Å². The molecule has 0 atom stereocenters. The number of aromatic hydroxyl groups is 1. The molecule has 0 unspecified atom stereocenters. The molecular formula is C8H7ClO2. The lowest BCUT2D eigenvalue weighted by molar-refractivity contribution is 0.112. The second-order valence-electron chi connectivity index (χ2n) is 2.23. The molecule has 58 valence electrons. The van der Waals surface area contributed by atoms with Crippen LogP contribution in [-0.2, 0) is 0 Å². The molecule has 0 aliphatic carbocycles. The monoisotopic (exact) mass is 170 g/mol. The lowest BCUT2D eigenvalue weighted by atomic mass is 10.1. The molecule has 1 aromatic rings. The highest BCUT2D eigenvalue weighted by Gasteiger charge is 2.05. The predicted octanol–water partition coefficient (Wildman–Crippen LogP) is 2.17. The van der Waals surface area contributed by atoms with Gasteiger partial charge in [0.15, 0.2) is 0 Å². The molecular weight excluding hydrogens is 164 g/mol. The van der Waals surface area contributed by atoms with Crippen LogP contribution in [0.4, 0.5) is 0 Å². The van der Waals surface area contributed by atoms with E-state index in [9.17, 15) is 4.79 Å². The van der Waals surface area contributed by atoms with E-state index in [2.05, 4.69) is 0 Å². The Morgan fingerprint density at radius 3 is 2.73 bits per heavy atom. The van der Waals surface area contributed by atoms with E-state index in [1.165, 1.54) is 12.1 Å². The summed E-state index contributed by atoms with van der Waals surface area (Å²) in [6, 6.07) is 2.93. The van der Waals surface area contributed by atoms with Crippen molar-refractivity contribution in [3.63, 3.8) is 0 Å². The van der Waals surface area contributed by atoms with Crippen LogP contribution < -0.4 is 0 Å². The van der Waals surface area contributed by atoms with Crippen LogP contribution in [0.2, 0.25) is 5.02 Å². The summed E-state index contributed by atoms with van der Waals surface area (Å²) in [7, 11) is 0. The van der Waals surface area contributed by atoms with Crippen LogP contribution in [-0.4, -0.2) is 11.4 Å². The Morgan fingerprint density at radius 1 is 1.55 bits per heavy atom. The lowest BCUT2D eigenvalue weighted by Crippen LogP contribution is -1.86. The van der Waals surface area contributed by atoms with Crippen molar-refractivity contribution >= 4 is 17.9 Å². The molecule has 0 saturated heterocycles. The molecule has 0 aliphatic heterocycles. The summed E-state index contributed by atoms with van der Waals surface area (Å²) in [5, 5.41) is 9.32. The molecule has 0 spiro atoms. The largest absolute Gasteiger partial charge is 0.506 e. The minimum absolute atomic E-state index is 0.00904. The molecule has 3 heteroatoms. The summed E-state index contributed by atoms with van der Waals surface area (Å²) in [4.78, 5) is 10.4. The minimum atomic E-state index is 0.00904. The van der Waals surface area contributed by atoms with Crippen LogP contribution in [0.1, 0.15) is 15.9 Å². The first kappa shape index (κ1) is 8.08. The summed E-state index contributed by atoms with van der Waals surface area (Å²) < 4.78 is 0. The second-order valence-corrected chi connectivity index (χ2v) is 2.61. The van der Waals surface area contributed by atoms with Gasteiger partial charge < -0.3 is 5.11 Å². The van der Waals surface area contributed by atoms with Crippen molar-refractivity contribution in [2.45, 2.75) is 6.92 Å². The topological polar surface area (TPSA) is 37.3 Å². The molecule has 0 fully saturated rings. The fourth-order valence-corrected chi connectivity index (χ4v) is 0.985. The zero-order chi connectivity index (χ0) is 8.43. The van der Waals surface area contributed by atoms with Gasteiger partial charge >= 0.3 is 0 Å². The maximum absolute atomic E-state index is 10.4. The first-order valence-corrected chi connectivity index (χ1v) is 3.48. The molecule has 1 rings (SSSR count). The predicted molar refractivity (Wildman–Crippen MR) is 43.2 cm³/mol. The number of carbonyl (C=O) groups excluding carboxylic acids is 1. The van der Waals surface area contributed by atoms with Gasteiger partial charge in [-0.1, -0.05) is 11.6 Å². The number of hydrogen-bond acceptors (Lipinski definition) is 2. The van der Waals surface area contributed by atoms with Gasteiger partial charge in [-0.2, -0.15) is 0 Å². The summed E-state index contributed by atoms with van der Waals surface area (Å²) in [6.07, 6.45) is 0.709. The first-order valence-electron chi connectivity index (χ1n) is 3.10. The number of carbonyl (C=O) groups is 1. The van der Waals surface area contributed by atoms with Gasteiger partial charge in [0.25, 0.3) is 0 Å². The van der Waals surface area contributed by atoms with Gasteiger partial charge in [-0.25, -0.2) is 0 Å². The number of halogens is 1. The quantitative estimate of drug-likeness (QED) is 0.656. The molecule has 2 nitrogen and oxygen atoms in total. The Kier molecular flexibility index (Phi) is 2.15. The van der Waals surface area contributed by atoms with E-state index in [0.29, 0.717) is 17.4 Å². The fourth-order valence-electron chi connectivity index (χ4n) is 0.813. The molecule has 0 heterocycles. The van der Waals surface area contributed by atoms with Crippen LogP contribution in [0.3, 0.4) is 0 Å². The number of phenolic OH excluding ortho intramolecular Hbond substituents is 1. The molecule has 11 heavy (non-hydrogen) atoms. The van der Waals surface area contributed by atoms with Crippen molar-refractivity contribution in [1.29, 1.82) is 0 Å². The molecule has 0 saturated carbocycles. The Labute approximate surface area is 69.4 Å². The van der Waals surface area contributed by atoms with E-state index in [-0.39, 0.29) is 10.8 Å². The van der Waals surface area contributed by atoms with Crippen molar-refractivity contribution in [1.82, 2.24) is 0 Å². The van der Waals surface area contributed by atoms with Crippen molar-refractivity contribution in [3.8, 4) is 5.75 Å². The van der Waals surface area contributed by atoms with Crippen molar-refractivity contribution in [2.75, 3.05) is 0 Å². The molecule has 0 aromatic heterocycles. The molecule has 0 bridgehead atoms. The zero-order valence-electron chi connectivity index (χ0n) is 5.97. The van der Waals surface area contributed by atoms with Crippen LogP contribution >= 0.6 is 11.6 Å². The molecule has 0 radical (unpaired) electrons. The third-order valence-electron chi connectivity index (χ3n) is 1.53. The van der Waals surface area contributed by atoms with E-state index in [1.54, 1.807) is 6.92 Å². The minimum Gasteiger partial charge on any atom is -0.506 e. The Hall–Kier alpha value is -1.02. The Bertz CT molecular complexity index is 294. The van der Waals surface area contributed by atoms with E-state index in [1.807, 2.05) is 0 Å². The van der Waals surface area contributed by atoms with E-state index in [0.717, 1.165) is 0 Å². The second kappa shape index (κ2) is 2.93. The first-order chi connectivity index (χ1) is 5.16. The maximum Gasteiger partial charge on any atom is 0.150 e. The number of benzene rings is 1. The summed E-state index contributed by atoms with van der Waals surface area (Å²) in [5.41, 5.74) is 1.12. The van der Waals surface area contributed by atoms with Gasteiger partial charge in [-0.3, -0.25) is 4.79 Å². The standard InChI is InChI=1S/C8H7ClO2/c1-5-6(4-10)2-3-7(11)8(5)9/h2-4,11H,1H3. The number of hydrogen-bond donors (Lipinski definition) is 1. The summed E-state index contributed by atoms with van der Waals surface area (Å²) in [6.45, 7) is 1.69. The third kappa shape index (κ3) is 1.35. The van der Waals surface area contributed by atoms with Crippen molar-refractivity contribution in [2.24, 2.45) is 0 Å². The highest BCUT2D eigenvalue weighted by Crippen LogP contribution is 2.27. The summed E-state index contributed by atoms with van der Waals surface area (Å²) >= 11 is 5.65. The number of aldehydes is 1. The van der Waals surface area contributed by atoms with Crippen LogP contribution in [0.15, 0.2) is 12.1 Å². The lowest BCUT2D eigenvalue weighted by Gasteiger charge is -2.01. The van der Waals surface area contributed by atoms with Gasteiger partial charge in [0.1, 0.15) is 12.0 Å². The SMILES string of the molecule is Cc1c(C=O)ccc(O)c1Cl. The van der Waals surface area contributed by atoms with Gasteiger partial charge in [0.05, 0.1) is 5.02 Å². The van der Waals surface area contributed by atoms with Gasteiger partial charge in [0, 0.05) is 5.56 Å². The summed E-state index contributed by atoms with van der Waals surface area (Å²) in [5.74, 6) is 0.00904. The van der Waals surface area contributed by atoms with Crippen LogP contribution in [0.5, 0.6) is 5.75 Å². The zero-order valence-corrected chi connectivity index (χ0v) is 6.72. The highest BCUT2D eigenvalue weighted by atomic mass is 35.5. The average molecular weight is 171 g/mol. The van der Waals surface area contributed by atoms with Crippen LogP contribution in [0, 0.1) is 6.92 Å². The number of rotatable bonds is 1. The van der Waals surface area contributed by atoms with E-state index < -0.39 is 0 Å². The smallest absolute Gasteiger partial charge is 0.150 e. The van der Waals surface area contributed by atoms with Crippen molar-refractivity contribution in [3.05, 3.63) is 28.3 Å². The van der Waals surface area contributed by atoms with Gasteiger partial charge in [-0.05, 0) is 24.6 Å².